The van der Waals surface area contributed by atoms with Gasteiger partial charge in [0, 0.05) is 31.1 Å². The molecule has 1 atom stereocenters. The Kier molecular flexibility index (Phi) is 4.99. The van der Waals surface area contributed by atoms with Crippen LogP contribution in [0.2, 0.25) is 0 Å². The number of urea groups is 1. The van der Waals surface area contributed by atoms with Crippen molar-refractivity contribution in [2.24, 2.45) is 5.92 Å². The Hall–Kier alpha value is -2.58. The predicted octanol–water partition coefficient (Wildman–Crippen LogP) is 4.45. The van der Waals surface area contributed by atoms with Crippen LogP contribution in [0.4, 0.5) is 23.7 Å². The molecule has 1 saturated heterocycles. The third-order valence-electron chi connectivity index (χ3n) is 5.20. The Morgan fingerprint density at radius 2 is 2.11 bits per heavy atom. The number of amides is 2. The fourth-order valence-electron chi connectivity index (χ4n) is 3.43. The lowest BCUT2D eigenvalue weighted by atomic mass is 10.0. The van der Waals surface area contributed by atoms with Crippen molar-refractivity contribution < 1.29 is 22.5 Å². The molecule has 28 heavy (non-hydrogen) atoms. The fraction of sp³-hybridized carbons (Fsp3) is 0.526. The normalized spacial score (nSPS) is 19.8. The minimum atomic E-state index is -4.44. The molecular weight excluding hydrogens is 373 g/mol. The lowest BCUT2D eigenvalue weighted by molar-refractivity contribution is -0.137. The number of rotatable bonds is 5. The first kappa shape index (κ1) is 18.8. The van der Waals surface area contributed by atoms with E-state index in [2.05, 4.69) is 15.5 Å². The first-order valence-electron chi connectivity index (χ1n) is 9.44. The maximum atomic E-state index is 12.8. The van der Waals surface area contributed by atoms with Crippen LogP contribution in [-0.4, -0.2) is 34.2 Å². The summed E-state index contributed by atoms with van der Waals surface area (Å²) in [6.45, 7) is 1.15. The van der Waals surface area contributed by atoms with Gasteiger partial charge in [0.15, 0.2) is 5.82 Å². The summed E-state index contributed by atoms with van der Waals surface area (Å²) in [7, 11) is 0. The molecule has 1 aliphatic heterocycles. The molecule has 1 N–H and O–H groups in total. The molecule has 9 heteroatoms. The lowest BCUT2D eigenvalue weighted by Crippen LogP contribution is -2.33. The van der Waals surface area contributed by atoms with Crippen molar-refractivity contribution in [2.45, 2.75) is 44.2 Å². The number of carbonyl (C=O) groups is 1. The molecule has 2 fully saturated rings. The summed E-state index contributed by atoms with van der Waals surface area (Å²) >= 11 is 0. The minimum Gasteiger partial charge on any atom is -0.339 e. The second kappa shape index (κ2) is 7.44. The topological polar surface area (TPSA) is 71.3 Å². The van der Waals surface area contributed by atoms with Crippen molar-refractivity contribution >= 4 is 11.7 Å². The van der Waals surface area contributed by atoms with Gasteiger partial charge in [-0.05, 0) is 49.8 Å². The van der Waals surface area contributed by atoms with Crippen LogP contribution >= 0.6 is 0 Å². The molecule has 2 heterocycles. The summed E-state index contributed by atoms with van der Waals surface area (Å²) in [6.07, 6.45) is 0.179. The Labute approximate surface area is 160 Å². The van der Waals surface area contributed by atoms with E-state index >= 15 is 0 Å². The largest absolute Gasteiger partial charge is 0.416 e. The number of halogens is 3. The van der Waals surface area contributed by atoms with E-state index in [0.29, 0.717) is 37.2 Å². The van der Waals surface area contributed by atoms with Gasteiger partial charge in [-0.15, -0.1) is 0 Å². The molecule has 0 spiro atoms. The molecule has 6 nitrogen and oxygen atoms in total. The summed E-state index contributed by atoms with van der Waals surface area (Å²) in [5, 5.41) is 6.57. The van der Waals surface area contributed by atoms with Crippen LogP contribution in [0.25, 0.3) is 0 Å². The molecule has 2 aromatic rings. The summed E-state index contributed by atoms with van der Waals surface area (Å²) in [5.74, 6) is 2.18. The third-order valence-corrected chi connectivity index (χ3v) is 5.20. The maximum absolute atomic E-state index is 12.8. The molecule has 4 rings (SSSR count). The maximum Gasteiger partial charge on any atom is 0.416 e. The number of anilines is 1. The zero-order valence-electron chi connectivity index (χ0n) is 15.2. The average Bonchev–Trinajstić information content (AvgIpc) is 3.20. The summed E-state index contributed by atoms with van der Waals surface area (Å²) in [4.78, 5) is 18.4. The van der Waals surface area contributed by atoms with Gasteiger partial charge in [0.25, 0.3) is 0 Å². The van der Waals surface area contributed by atoms with Gasteiger partial charge in [0.05, 0.1) is 5.56 Å². The van der Waals surface area contributed by atoms with E-state index in [1.807, 2.05) is 0 Å². The fourth-order valence-corrected chi connectivity index (χ4v) is 3.43. The lowest BCUT2D eigenvalue weighted by Gasteiger charge is -2.18. The van der Waals surface area contributed by atoms with Crippen LogP contribution in [0.1, 0.15) is 48.9 Å². The standard InChI is InChI=1S/C19H21F3N4O2/c20-19(21,22)14-2-1-3-15(10-14)23-18(27)26-9-8-12(11-26)4-7-16-24-17(28-25-16)13-5-6-13/h1-3,10,12-13H,4-9,11H2,(H,23,27). The van der Waals surface area contributed by atoms with Crippen LogP contribution < -0.4 is 5.32 Å². The number of alkyl halides is 3. The van der Waals surface area contributed by atoms with E-state index in [-0.39, 0.29) is 11.7 Å². The van der Waals surface area contributed by atoms with Crippen LogP contribution in [-0.2, 0) is 12.6 Å². The molecule has 1 unspecified atom stereocenters. The van der Waals surface area contributed by atoms with Crippen molar-refractivity contribution in [2.75, 3.05) is 18.4 Å². The molecule has 0 bridgehead atoms. The smallest absolute Gasteiger partial charge is 0.339 e. The van der Waals surface area contributed by atoms with Gasteiger partial charge in [-0.25, -0.2) is 4.79 Å². The number of nitrogens with zero attached hydrogens (tertiary/aromatic N) is 3. The highest BCUT2D eigenvalue weighted by atomic mass is 19.4. The predicted molar refractivity (Wildman–Crippen MR) is 94.7 cm³/mol. The highest BCUT2D eigenvalue weighted by Crippen LogP contribution is 2.39. The van der Waals surface area contributed by atoms with Crippen molar-refractivity contribution in [3.8, 4) is 0 Å². The molecule has 1 saturated carbocycles. The van der Waals surface area contributed by atoms with E-state index < -0.39 is 11.7 Å². The molecule has 2 aliphatic rings. The molecule has 1 aliphatic carbocycles. The molecule has 0 radical (unpaired) electrons. The average molecular weight is 394 g/mol. The van der Waals surface area contributed by atoms with Crippen LogP contribution in [0.5, 0.6) is 0 Å². The molecule has 2 amide bonds. The Balaban J connectivity index is 1.27. The van der Waals surface area contributed by atoms with Crippen LogP contribution in [0.3, 0.4) is 0 Å². The van der Waals surface area contributed by atoms with Gasteiger partial charge in [-0.2, -0.15) is 18.2 Å². The third kappa shape index (κ3) is 4.45. The zero-order valence-corrected chi connectivity index (χ0v) is 15.2. The number of benzene rings is 1. The van der Waals surface area contributed by atoms with Crippen molar-refractivity contribution in [3.63, 3.8) is 0 Å². The quantitative estimate of drug-likeness (QED) is 0.813. The number of aromatic nitrogens is 2. The summed E-state index contributed by atoms with van der Waals surface area (Å²) < 4.78 is 43.6. The van der Waals surface area contributed by atoms with Crippen molar-refractivity contribution in [3.05, 3.63) is 41.5 Å². The summed E-state index contributed by atoms with van der Waals surface area (Å²) in [5.41, 5.74) is -0.641. The van der Waals surface area contributed by atoms with Gasteiger partial charge in [-0.3, -0.25) is 0 Å². The number of carbonyl (C=O) groups excluding carboxylic acids is 1. The molecular formula is C19H21F3N4O2. The molecule has 1 aromatic heterocycles. The van der Waals surface area contributed by atoms with Gasteiger partial charge in [0.1, 0.15) is 0 Å². The van der Waals surface area contributed by atoms with Gasteiger partial charge < -0.3 is 14.7 Å². The van der Waals surface area contributed by atoms with E-state index in [1.54, 1.807) is 4.90 Å². The van der Waals surface area contributed by atoms with Gasteiger partial charge >= 0.3 is 12.2 Å². The monoisotopic (exact) mass is 394 g/mol. The first-order chi connectivity index (χ1) is 13.4. The van der Waals surface area contributed by atoms with Gasteiger partial charge in [-0.1, -0.05) is 11.2 Å². The number of hydrogen-bond acceptors (Lipinski definition) is 4. The van der Waals surface area contributed by atoms with E-state index in [9.17, 15) is 18.0 Å². The Morgan fingerprint density at radius 1 is 1.29 bits per heavy atom. The minimum absolute atomic E-state index is 0.141. The van der Waals surface area contributed by atoms with Gasteiger partial charge in [0.2, 0.25) is 5.89 Å². The number of hydrogen-bond donors (Lipinski definition) is 1. The van der Waals surface area contributed by atoms with Crippen LogP contribution in [0, 0.1) is 5.92 Å². The van der Waals surface area contributed by atoms with E-state index in [0.717, 1.165) is 43.7 Å². The second-order valence-corrected chi connectivity index (χ2v) is 7.47. The number of nitrogens with one attached hydrogen (secondary N) is 1. The van der Waals surface area contributed by atoms with Crippen LogP contribution in [0.15, 0.2) is 28.8 Å². The van der Waals surface area contributed by atoms with Crippen molar-refractivity contribution in [1.82, 2.24) is 15.0 Å². The van der Waals surface area contributed by atoms with E-state index in [4.69, 9.17) is 4.52 Å². The number of likely N-dealkylation sites (tertiary alicyclic amines) is 1. The highest BCUT2D eigenvalue weighted by Gasteiger charge is 2.32. The first-order valence-corrected chi connectivity index (χ1v) is 9.44. The SMILES string of the molecule is O=C(Nc1cccc(C(F)(F)F)c1)N1CCC(CCc2noc(C3CC3)n2)C1. The Bertz CT molecular complexity index is 848. The van der Waals surface area contributed by atoms with E-state index in [1.165, 1.54) is 12.1 Å². The zero-order chi connectivity index (χ0) is 19.7. The highest BCUT2D eigenvalue weighted by molar-refractivity contribution is 5.89. The summed E-state index contributed by atoms with van der Waals surface area (Å²) in [6, 6.07) is 4.28. The van der Waals surface area contributed by atoms with Crippen molar-refractivity contribution in [1.29, 1.82) is 0 Å². The second-order valence-electron chi connectivity index (χ2n) is 7.47. The molecule has 1 aromatic carbocycles. The number of aryl methyl sites for hydroxylation is 1. The molecule has 150 valence electrons. The Morgan fingerprint density at radius 3 is 2.86 bits per heavy atom.